The van der Waals surface area contributed by atoms with E-state index in [-0.39, 0.29) is 6.04 Å². The molecule has 1 aromatic rings. The minimum absolute atomic E-state index is 0.229. The summed E-state index contributed by atoms with van der Waals surface area (Å²) in [4.78, 5) is 0. The number of aryl methyl sites for hydroxylation is 1. The Morgan fingerprint density at radius 2 is 2.31 bits per heavy atom. The zero-order valence-corrected chi connectivity index (χ0v) is 9.67. The molecule has 0 fully saturated rings. The van der Waals surface area contributed by atoms with Crippen molar-refractivity contribution in [3.63, 3.8) is 0 Å². The number of ether oxygens (including phenoxy) is 1. The third-order valence-corrected chi connectivity index (χ3v) is 3.41. The maximum atomic E-state index is 5.99. The number of halogens is 1. The molecule has 1 aliphatic rings. The van der Waals surface area contributed by atoms with E-state index in [0.717, 1.165) is 18.6 Å². The molecule has 0 aliphatic heterocycles. The molecular formula is C10H12INO. The lowest BCUT2D eigenvalue weighted by Gasteiger charge is -2.09. The van der Waals surface area contributed by atoms with Gasteiger partial charge in [-0.1, -0.05) is 0 Å². The average molecular weight is 289 g/mol. The van der Waals surface area contributed by atoms with Gasteiger partial charge >= 0.3 is 0 Å². The molecule has 3 heteroatoms. The molecule has 70 valence electrons. The van der Waals surface area contributed by atoms with E-state index in [1.54, 1.807) is 7.11 Å². The van der Waals surface area contributed by atoms with Crippen molar-refractivity contribution in [2.24, 2.45) is 5.73 Å². The molecule has 1 atom stereocenters. The summed E-state index contributed by atoms with van der Waals surface area (Å²) >= 11 is 2.33. The second-order valence-electron chi connectivity index (χ2n) is 3.33. The Balaban J connectivity index is 2.53. The first-order valence-corrected chi connectivity index (χ1v) is 5.42. The van der Waals surface area contributed by atoms with Crippen molar-refractivity contribution in [3.05, 3.63) is 26.8 Å². The summed E-state index contributed by atoms with van der Waals surface area (Å²) in [5.41, 5.74) is 8.67. The highest BCUT2D eigenvalue weighted by Crippen LogP contribution is 2.35. The van der Waals surface area contributed by atoms with Crippen LogP contribution in [0.3, 0.4) is 0 Å². The Labute approximate surface area is 91.6 Å². The second kappa shape index (κ2) is 3.46. The highest BCUT2D eigenvalue weighted by Gasteiger charge is 2.22. The minimum atomic E-state index is 0.229. The molecule has 0 spiro atoms. The summed E-state index contributed by atoms with van der Waals surface area (Å²) < 4.78 is 6.44. The summed E-state index contributed by atoms with van der Waals surface area (Å²) in [7, 11) is 1.70. The van der Waals surface area contributed by atoms with Crippen LogP contribution in [0.5, 0.6) is 5.75 Å². The molecule has 0 amide bonds. The summed E-state index contributed by atoms with van der Waals surface area (Å²) in [6.45, 7) is 0. The van der Waals surface area contributed by atoms with Gasteiger partial charge in [0, 0.05) is 9.61 Å². The fraction of sp³-hybridized carbons (Fsp3) is 0.400. The molecule has 0 heterocycles. The lowest BCUT2D eigenvalue weighted by molar-refractivity contribution is 0.414. The van der Waals surface area contributed by atoms with Crippen LogP contribution in [0.2, 0.25) is 0 Å². The van der Waals surface area contributed by atoms with Crippen molar-refractivity contribution in [2.45, 2.75) is 18.9 Å². The molecule has 0 aromatic heterocycles. The summed E-state index contributed by atoms with van der Waals surface area (Å²) in [6.07, 6.45) is 2.15. The van der Waals surface area contributed by atoms with Crippen LogP contribution in [0.4, 0.5) is 0 Å². The Kier molecular flexibility index (Phi) is 2.47. The van der Waals surface area contributed by atoms with E-state index in [9.17, 15) is 0 Å². The molecule has 0 radical (unpaired) electrons. The average Bonchev–Trinajstić information content (AvgIpc) is 2.48. The van der Waals surface area contributed by atoms with Gasteiger partial charge in [-0.2, -0.15) is 0 Å². The van der Waals surface area contributed by atoms with Crippen LogP contribution in [0.1, 0.15) is 23.6 Å². The molecule has 13 heavy (non-hydrogen) atoms. The summed E-state index contributed by atoms with van der Waals surface area (Å²) in [5, 5.41) is 0. The molecular weight excluding hydrogens is 277 g/mol. The zero-order valence-electron chi connectivity index (χ0n) is 7.51. The number of hydrogen-bond donors (Lipinski definition) is 1. The van der Waals surface area contributed by atoms with E-state index in [2.05, 4.69) is 28.7 Å². The molecule has 0 saturated carbocycles. The third kappa shape index (κ3) is 1.55. The van der Waals surface area contributed by atoms with Crippen molar-refractivity contribution >= 4 is 22.6 Å². The van der Waals surface area contributed by atoms with E-state index in [1.807, 2.05) is 6.07 Å². The van der Waals surface area contributed by atoms with Gasteiger partial charge in [-0.3, -0.25) is 0 Å². The van der Waals surface area contributed by atoms with Crippen LogP contribution in [0.15, 0.2) is 12.1 Å². The second-order valence-corrected chi connectivity index (χ2v) is 4.49. The zero-order chi connectivity index (χ0) is 9.42. The standard InChI is InChI=1S/C10H12INO/c1-13-7-4-6-2-3-9(12)10(6)8(11)5-7/h4-5,9H,2-3,12H2,1H3/t9-/m0/s1. The molecule has 2 nitrogen and oxygen atoms in total. The van der Waals surface area contributed by atoms with E-state index in [0.29, 0.717) is 0 Å². The normalized spacial score (nSPS) is 20.1. The highest BCUT2D eigenvalue weighted by atomic mass is 127. The van der Waals surface area contributed by atoms with E-state index in [1.165, 1.54) is 14.7 Å². The fourth-order valence-corrected chi connectivity index (χ4v) is 2.90. The highest BCUT2D eigenvalue weighted by molar-refractivity contribution is 14.1. The molecule has 1 aliphatic carbocycles. The largest absolute Gasteiger partial charge is 0.497 e. The predicted molar refractivity (Wildman–Crippen MR) is 61.0 cm³/mol. The van der Waals surface area contributed by atoms with Gasteiger partial charge < -0.3 is 10.5 Å². The molecule has 2 N–H and O–H groups in total. The maximum Gasteiger partial charge on any atom is 0.120 e. The maximum absolute atomic E-state index is 5.99. The molecule has 0 bridgehead atoms. The molecule has 2 rings (SSSR count). The lowest BCUT2D eigenvalue weighted by atomic mass is 10.1. The SMILES string of the molecule is COc1cc(I)c2c(c1)CC[C@@H]2N. The molecule has 0 unspecified atom stereocenters. The van der Waals surface area contributed by atoms with Gasteiger partial charge in [-0.05, 0) is 58.7 Å². The van der Waals surface area contributed by atoms with Crippen LogP contribution in [0.25, 0.3) is 0 Å². The number of benzene rings is 1. The Hall–Kier alpha value is -0.290. The van der Waals surface area contributed by atoms with Crippen molar-refractivity contribution < 1.29 is 4.74 Å². The van der Waals surface area contributed by atoms with E-state index < -0.39 is 0 Å². The minimum Gasteiger partial charge on any atom is -0.497 e. The Morgan fingerprint density at radius 1 is 1.54 bits per heavy atom. The van der Waals surface area contributed by atoms with Crippen LogP contribution < -0.4 is 10.5 Å². The lowest BCUT2D eigenvalue weighted by Crippen LogP contribution is -2.07. The van der Waals surface area contributed by atoms with Crippen molar-refractivity contribution in [1.82, 2.24) is 0 Å². The topological polar surface area (TPSA) is 35.2 Å². The first-order chi connectivity index (χ1) is 6.22. The number of rotatable bonds is 1. The van der Waals surface area contributed by atoms with Gasteiger partial charge in [0.25, 0.3) is 0 Å². The molecule has 1 aromatic carbocycles. The van der Waals surface area contributed by atoms with Gasteiger partial charge in [-0.15, -0.1) is 0 Å². The van der Waals surface area contributed by atoms with E-state index >= 15 is 0 Å². The summed E-state index contributed by atoms with van der Waals surface area (Å²) in [6, 6.07) is 4.38. The summed E-state index contributed by atoms with van der Waals surface area (Å²) in [5.74, 6) is 0.942. The number of hydrogen-bond acceptors (Lipinski definition) is 2. The van der Waals surface area contributed by atoms with Crippen molar-refractivity contribution in [1.29, 1.82) is 0 Å². The number of methoxy groups -OCH3 is 1. The van der Waals surface area contributed by atoms with Gasteiger partial charge in [0.2, 0.25) is 0 Å². The number of fused-ring (bicyclic) bond motifs is 1. The van der Waals surface area contributed by atoms with Gasteiger partial charge in [0.15, 0.2) is 0 Å². The fourth-order valence-electron chi connectivity index (χ4n) is 1.84. The van der Waals surface area contributed by atoms with Crippen LogP contribution in [-0.4, -0.2) is 7.11 Å². The third-order valence-electron chi connectivity index (χ3n) is 2.52. The molecule has 0 saturated heterocycles. The van der Waals surface area contributed by atoms with Crippen molar-refractivity contribution in [3.8, 4) is 5.75 Å². The quantitative estimate of drug-likeness (QED) is 0.805. The Morgan fingerprint density at radius 3 is 3.00 bits per heavy atom. The van der Waals surface area contributed by atoms with Gasteiger partial charge in [-0.25, -0.2) is 0 Å². The first kappa shape index (κ1) is 9.27. The first-order valence-electron chi connectivity index (χ1n) is 4.34. The van der Waals surface area contributed by atoms with Gasteiger partial charge in [0.1, 0.15) is 5.75 Å². The Bertz CT molecular complexity index is 338. The predicted octanol–water partition coefficient (Wildman–Crippen LogP) is 2.25. The van der Waals surface area contributed by atoms with Crippen LogP contribution in [0, 0.1) is 3.57 Å². The van der Waals surface area contributed by atoms with Gasteiger partial charge in [0.05, 0.1) is 7.11 Å². The van der Waals surface area contributed by atoms with Crippen molar-refractivity contribution in [2.75, 3.05) is 7.11 Å². The van der Waals surface area contributed by atoms with Crippen LogP contribution in [-0.2, 0) is 6.42 Å². The van der Waals surface area contributed by atoms with E-state index in [4.69, 9.17) is 10.5 Å². The van der Waals surface area contributed by atoms with Crippen LogP contribution >= 0.6 is 22.6 Å². The smallest absolute Gasteiger partial charge is 0.120 e. The monoisotopic (exact) mass is 289 g/mol. The number of nitrogens with two attached hydrogens (primary N) is 1.